The van der Waals surface area contributed by atoms with Crippen molar-refractivity contribution in [2.24, 2.45) is 0 Å². The molecule has 0 fully saturated rings. The molecule has 1 aromatic carbocycles. The minimum absolute atomic E-state index is 0.123. The van der Waals surface area contributed by atoms with Gasteiger partial charge >= 0.3 is 6.03 Å². The van der Waals surface area contributed by atoms with Crippen LogP contribution in [0.1, 0.15) is 37.9 Å². The van der Waals surface area contributed by atoms with Gasteiger partial charge in [-0.2, -0.15) is 0 Å². The van der Waals surface area contributed by atoms with E-state index in [0.29, 0.717) is 0 Å². The van der Waals surface area contributed by atoms with E-state index in [2.05, 4.69) is 19.1 Å². The normalized spacial score (nSPS) is 17.6. The summed E-state index contributed by atoms with van der Waals surface area (Å²) < 4.78 is 5.27. The molecule has 4 nitrogen and oxygen atoms in total. The number of amides is 2. The summed E-state index contributed by atoms with van der Waals surface area (Å²) in [6.45, 7) is 8.44. The first-order chi connectivity index (χ1) is 9.62. The van der Waals surface area contributed by atoms with Crippen molar-refractivity contribution in [3.8, 4) is 5.75 Å². The molecule has 110 valence electrons. The molecule has 1 unspecified atom stereocenters. The van der Waals surface area contributed by atoms with Gasteiger partial charge in [0, 0.05) is 19.6 Å². The molecule has 2 rings (SSSR count). The van der Waals surface area contributed by atoms with Crippen LogP contribution >= 0.6 is 0 Å². The van der Waals surface area contributed by atoms with Crippen LogP contribution in [-0.4, -0.2) is 42.6 Å². The first-order valence-corrected chi connectivity index (χ1v) is 7.34. The van der Waals surface area contributed by atoms with E-state index in [4.69, 9.17) is 4.74 Å². The SMILES string of the molecule is CCN(CC)C(=O)N1CCc2cc(OC)ccc2C1C. The molecule has 0 radical (unpaired) electrons. The number of carbonyl (C=O) groups is 1. The molecule has 1 aromatic rings. The van der Waals surface area contributed by atoms with Crippen molar-refractivity contribution in [1.82, 2.24) is 9.80 Å². The van der Waals surface area contributed by atoms with Crippen LogP contribution in [0.2, 0.25) is 0 Å². The fourth-order valence-corrected chi connectivity index (χ4v) is 2.87. The van der Waals surface area contributed by atoms with Crippen LogP contribution in [0.3, 0.4) is 0 Å². The van der Waals surface area contributed by atoms with Gasteiger partial charge in [-0.05, 0) is 50.5 Å². The number of ether oxygens (including phenoxy) is 1. The Kier molecular flexibility index (Phi) is 4.53. The van der Waals surface area contributed by atoms with Gasteiger partial charge in [0.25, 0.3) is 0 Å². The fourth-order valence-electron chi connectivity index (χ4n) is 2.87. The minimum atomic E-state index is 0.123. The second-order valence-corrected chi connectivity index (χ2v) is 5.14. The second kappa shape index (κ2) is 6.16. The van der Waals surface area contributed by atoms with E-state index < -0.39 is 0 Å². The zero-order valence-electron chi connectivity index (χ0n) is 12.8. The van der Waals surface area contributed by atoms with Crippen molar-refractivity contribution in [3.05, 3.63) is 29.3 Å². The van der Waals surface area contributed by atoms with Gasteiger partial charge in [0.1, 0.15) is 5.75 Å². The molecule has 20 heavy (non-hydrogen) atoms. The molecule has 2 amide bonds. The Balaban J connectivity index is 2.23. The van der Waals surface area contributed by atoms with Gasteiger partial charge in [-0.1, -0.05) is 6.07 Å². The first-order valence-electron chi connectivity index (χ1n) is 7.34. The van der Waals surface area contributed by atoms with Crippen molar-refractivity contribution in [3.63, 3.8) is 0 Å². The zero-order chi connectivity index (χ0) is 14.7. The molecule has 0 spiro atoms. The number of nitrogens with zero attached hydrogens (tertiary/aromatic N) is 2. The van der Waals surface area contributed by atoms with Crippen LogP contribution in [0.4, 0.5) is 4.79 Å². The molecular formula is C16H24N2O2. The molecule has 1 atom stereocenters. The summed E-state index contributed by atoms with van der Waals surface area (Å²) in [5, 5.41) is 0. The lowest BCUT2D eigenvalue weighted by molar-refractivity contribution is 0.137. The average Bonchev–Trinajstić information content (AvgIpc) is 2.48. The molecule has 1 aliphatic rings. The lowest BCUT2D eigenvalue weighted by Crippen LogP contribution is -2.46. The van der Waals surface area contributed by atoms with Crippen molar-refractivity contribution in [2.45, 2.75) is 33.2 Å². The van der Waals surface area contributed by atoms with E-state index in [0.717, 1.165) is 31.8 Å². The predicted molar refractivity (Wildman–Crippen MR) is 80.1 cm³/mol. The Morgan fingerprint density at radius 3 is 2.70 bits per heavy atom. The molecule has 4 heteroatoms. The molecule has 0 saturated heterocycles. The molecule has 1 heterocycles. The van der Waals surface area contributed by atoms with Gasteiger partial charge in [-0.3, -0.25) is 0 Å². The summed E-state index contributed by atoms with van der Waals surface area (Å²) in [5.41, 5.74) is 2.53. The van der Waals surface area contributed by atoms with Crippen molar-refractivity contribution < 1.29 is 9.53 Å². The predicted octanol–water partition coefficient (Wildman–Crippen LogP) is 3.08. The number of methoxy groups -OCH3 is 1. The lowest BCUT2D eigenvalue weighted by Gasteiger charge is -2.38. The van der Waals surface area contributed by atoms with Crippen LogP contribution in [0, 0.1) is 0 Å². The maximum atomic E-state index is 12.5. The van der Waals surface area contributed by atoms with Crippen molar-refractivity contribution in [2.75, 3.05) is 26.7 Å². The Bertz CT molecular complexity index is 483. The number of fused-ring (bicyclic) bond motifs is 1. The standard InChI is InChI=1S/C16H24N2O2/c1-5-17(6-2)16(19)18-10-9-13-11-14(20-4)7-8-15(13)12(18)3/h7-8,11-12H,5-6,9-10H2,1-4H3. The summed E-state index contributed by atoms with van der Waals surface area (Å²) in [5.74, 6) is 0.888. The zero-order valence-corrected chi connectivity index (χ0v) is 12.8. The molecule has 0 aliphatic carbocycles. The van der Waals surface area contributed by atoms with Crippen molar-refractivity contribution in [1.29, 1.82) is 0 Å². The number of carbonyl (C=O) groups excluding carboxylic acids is 1. The molecule has 0 bridgehead atoms. The van der Waals surface area contributed by atoms with E-state index in [9.17, 15) is 4.79 Å². The van der Waals surface area contributed by atoms with Crippen LogP contribution < -0.4 is 4.74 Å². The van der Waals surface area contributed by atoms with E-state index in [1.54, 1.807) is 7.11 Å². The Morgan fingerprint density at radius 2 is 2.10 bits per heavy atom. The monoisotopic (exact) mass is 276 g/mol. The maximum absolute atomic E-state index is 12.5. The highest BCUT2D eigenvalue weighted by molar-refractivity contribution is 5.75. The second-order valence-electron chi connectivity index (χ2n) is 5.14. The lowest BCUT2D eigenvalue weighted by atomic mass is 9.93. The molecule has 0 aromatic heterocycles. The number of hydrogen-bond acceptors (Lipinski definition) is 2. The van der Waals surface area contributed by atoms with Crippen LogP contribution in [0.5, 0.6) is 5.75 Å². The van der Waals surface area contributed by atoms with E-state index in [-0.39, 0.29) is 12.1 Å². The topological polar surface area (TPSA) is 32.8 Å². The van der Waals surface area contributed by atoms with Gasteiger partial charge in [-0.15, -0.1) is 0 Å². The Morgan fingerprint density at radius 1 is 1.40 bits per heavy atom. The summed E-state index contributed by atoms with van der Waals surface area (Å²) in [6, 6.07) is 6.41. The minimum Gasteiger partial charge on any atom is -0.497 e. The summed E-state index contributed by atoms with van der Waals surface area (Å²) >= 11 is 0. The maximum Gasteiger partial charge on any atom is 0.320 e. The fraction of sp³-hybridized carbons (Fsp3) is 0.562. The summed E-state index contributed by atoms with van der Waals surface area (Å²) in [4.78, 5) is 16.4. The first kappa shape index (κ1) is 14.7. The van der Waals surface area contributed by atoms with Gasteiger partial charge in [0.2, 0.25) is 0 Å². The van der Waals surface area contributed by atoms with Crippen LogP contribution in [0.15, 0.2) is 18.2 Å². The Hall–Kier alpha value is -1.71. The number of benzene rings is 1. The van der Waals surface area contributed by atoms with Gasteiger partial charge < -0.3 is 14.5 Å². The molecule has 0 saturated carbocycles. The van der Waals surface area contributed by atoms with Crippen LogP contribution in [-0.2, 0) is 6.42 Å². The highest BCUT2D eigenvalue weighted by Crippen LogP contribution is 2.32. The molecular weight excluding hydrogens is 252 g/mol. The summed E-state index contributed by atoms with van der Waals surface area (Å²) in [7, 11) is 1.68. The van der Waals surface area contributed by atoms with Crippen molar-refractivity contribution >= 4 is 6.03 Å². The van der Waals surface area contributed by atoms with E-state index >= 15 is 0 Å². The quantitative estimate of drug-likeness (QED) is 0.850. The third-order valence-corrected chi connectivity index (χ3v) is 4.17. The Labute approximate surface area is 121 Å². The number of urea groups is 1. The molecule has 1 aliphatic heterocycles. The molecule has 0 N–H and O–H groups in total. The highest BCUT2D eigenvalue weighted by atomic mass is 16.5. The van der Waals surface area contributed by atoms with E-state index in [1.807, 2.05) is 29.7 Å². The smallest absolute Gasteiger partial charge is 0.320 e. The van der Waals surface area contributed by atoms with Crippen LogP contribution in [0.25, 0.3) is 0 Å². The van der Waals surface area contributed by atoms with Gasteiger partial charge in [0.05, 0.1) is 13.2 Å². The summed E-state index contributed by atoms with van der Waals surface area (Å²) in [6.07, 6.45) is 0.893. The highest BCUT2D eigenvalue weighted by Gasteiger charge is 2.29. The van der Waals surface area contributed by atoms with Gasteiger partial charge in [-0.25, -0.2) is 4.79 Å². The third-order valence-electron chi connectivity index (χ3n) is 4.17. The van der Waals surface area contributed by atoms with Gasteiger partial charge in [0.15, 0.2) is 0 Å². The largest absolute Gasteiger partial charge is 0.497 e. The average molecular weight is 276 g/mol. The number of hydrogen-bond donors (Lipinski definition) is 0. The number of rotatable bonds is 3. The third kappa shape index (κ3) is 2.60. The van der Waals surface area contributed by atoms with E-state index in [1.165, 1.54) is 11.1 Å².